The molecule has 2 fully saturated rings. The van der Waals surface area contributed by atoms with Gasteiger partial charge in [0.05, 0.1) is 0 Å². The quantitative estimate of drug-likeness (QED) is 0.732. The number of likely N-dealkylation sites (N-methyl/N-ethyl adjacent to an activating group) is 1. The molecule has 0 radical (unpaired) electrons. The van der Waals surface area contributed by atoms with Crippen molar-refractivity contribution in [1.82, 2.24) is 15.1 Å². The van der Waals surface area contributed by atoms with Gasteiger partial charge in [0.15, 0.2) is 0 Å². The minimum atomic E-state index is 0.977. The molecule has 100 valence electrons. The van der Waals surface area contributed by atoms with E-state index in [9.17, 15) is 0 Å². The summed E-state index contributed by atoms with van der Waals surface area (Å²) in [5.74, 6) is 0.977. The molecule has 0 spiro atoms. The predicted molar refractivity (Wildman–Crippen MR) is 73.4 cm³/mol. The van der Waals surface area contributed by atoms with E-state index in [4.69, 9.17) is 0 Å². The lowest BCUT2D eigenvalue weighted by Crippen LogP contribution is -2.36. The highest BCUT2D eigenvalue weighted by Crippen LogP contribution is 2.23. The van der Waals surface area contributed by atoms with E-state index < -0.39 is 0 Å². The smallest absolute Gasteiger partial charge is 0.0110 e. The van der Waals surface area contributed by atoms with Crippen molar-refractivity contribution < 1.29 is 0 Å². The highest BCUT2D eigenvalue weighted by atomic mass is 15.2. The minimum Gasteiger partial charge on any atom is -0.315 e. The third kappa shape index (κ3) is 4.94. The maximum atomic E-state index is 3.65. The van der Waals surface area contributed by atoms with Crippen molar-refractivity contribution in [1.29, 1.82) is 0 Å². The zero-order valence-electron chi connectivity index (χ0n) is 11.5. The fraction of sp³-hybridized carbons (Fsp3) is 1.00. The highest BCUT2D eigenvalue weighted by molar-refractivity contribution is 4.71. The number of hydrogen-bond acceptors (Lipinski definition) is 3. The van der Waals surface area contributed by atoms with E-state index in [-0.39, 0.29) is 0 Å². The van der Waals surface area contributed by atoms with E-state index in [2.05, 4.69) is 22.2 Å². The molecule has 2 aliphatic rings. The van der Waals surface area contributed by atoms with E-state index in [1.807, 2.05) is 0 Å². The standard InChI is InChI=1S/C14H29N3/c1-16-8-4-9-17(12-11-16)10-7-15-13-14-5-2-3-6-14/h14-15H,2-13H2,1H3. The maximum absolute atomic E-state index is 3.65. The zero-order valence-corrected chi connectivity index (χ0v) is 11.5. The summed E-state index contributed by atoms with van der Waals surface area (Å²) in [4.78, 5) is 5.07. The molecule has 3 nitrogen and oxygen atoms in total. The lowest BCUT2D eigenvalue weighted by atomic mass is 10.1. The van der Waals surface area contributed by atoms with Gasteiger partial charge in [-0.05, 0) is 51.9 Å². The molecule has 0 atom stereocenters. The summed E-state index contributed by atoms with van der Waals surface area (Å²) >= 11 is 0. The van der Waals surface area contributed by atoms with Crippen LogP contribution in [0.2, 0.25) is 0 Å². The Morgan fingerprint density at radius 1 is 1.00 bits per heavy atom. The van der Waals surface area contributed by atoms with Gasteiger partial charge < -0.3 is 15.1 Å². The molecule has 0 aromatic carbocycles. The maximum Gasteiger partial charge on any atom is 0.0110 e. The summed E-state index contributed by atoms with van der Waals surface area (Å²) in [6, 6.07) is 0. The number of rotatable bonds is 5. The average molecular weight is 239 g/mol. The van der Waals surface area contributed by atoms with Gasteiger partial charge in [-0.3, -0.25) is 0 Å². The SMILES string of the molecule is CN1CCCN(CCNCC2CCCC2)CC1. The van der Waals surface area contributed by atoms with Gasteiger partial charge in [0.25, 0.3) is 0 Å². The summed E-state index contributed by atoms with van der Waals surface area (Å²) in [7, 11) is 2.24. The first kappa shape index (κ1) is 13.3. The van der Waals surface area contributed by atoms with Crippen LogP contribution >= 0.6 is 0 Å². The molecule has 0 aromatic heterocycles. The fourth-order valence-corrected chi connectivity index (χ4v) is 3.08. The van der Waals surface area contributed by atoms with Crippen LogP contribution in [-0.4, -0.2) is 62.7 Å². The lowest BCUT2D eigenvalue weighted by Gasteiger charge is -2.20. The molecule has 3 heteroatoms. The van der Waals surface area contributed by atoms with Gasteiger partial charge >= 0.3 is 0 Å². The molecule has 17 heavy (non-hydrogen) atoms. The van der Waals surface area contributed by atoms with Crippen molar-refractivity contribution in [2.24, 2.45) is 5.92 Å². The topological polar surface area (TPSA) is 18.5 Å². The molecule has 1 aliphatic heterocycles. The van der Waals surface area contributed by atoms with Crippen LogP contribution < -0.4 is 5.32 Å². The fourth-order valence-electron chi connectivity index (χ4n) is 3.08. The molecule has 0 amide bonds. The Kier molecular flexibility index (Phi) is 5.75. The molecule has 1 aliphatic carbocycles. The minimum absolute atomic E-state index is 0.977. The molecule has 2 rings (SSSR count). The first-order valence-corrected chi connectivity index (χ1v) is 7.46. The first-order valence-electron chi connectivity index (χ1n) is 7.46. The van der Waals surface area contributed by atoms with Gasteiger partial charge in [0.1, 0.15) is 0 Å². The average Bonchev–Trinajstić information content (AvgIpc) is 2.75. The van der Waals surface area contributed by atoms with Gasteiger partial charge in [-0.1, -0.05) is 12.8 Å². The number of nitrogens with zero attached hydrogens (tertiary/aromatic N) is 2. The summed E-state index contributed by atoms with van der Waals surface area (Å²) < 4.78 is 0. The van der Waals surface area contributed by atoms with Crippen LogP contribution in [0.3, 0.4) is 0 Å². The van der Waals surface area contributed by atoms with E-state index >= 15 is 0 Å². The molecule has 1 saturated heterocycles. The van der Waals surface area contributed by atoms with E-state index in [0.29, 0.717) is 0 Å². The lowest BCUT2D eigenvalue weighted by molar-refractivity contribution is 0.273. The second-order valence-corrected chi connectivity index (χ2v) is 5.85. The summed E-state index contributed by atoms with van der Waals surface area (Å²) in [5, 5.41) is 3.65. The van der Waals surface area contributed by atoms with Gasteiger partial charge in [-0.2, -0.15) is 0 Å². The summed E-state index contributed by atoms with van der Waals surface area (Å²) in [6.07, 6.45) is 7.18. The molecule has 0 aromatic rings. The van der Waals surface area contributed by atoms with Crippen LogP contribution in [0.1, 0.15) is 32.1 Å². The van der Waals surface area contributed by atoms with Gasteiger partial charge in [0, 0.05) is 26.2 Å². The molecule has 0 unspecified atom stereocenters. The molecular formula is C14H29N3. The van der Waals surface area contributed by atoms with Crippen molar-refractivity contribution in [3.8, 4) is 0 Å². The predicted octanol–water partition coefficient (Wildman–Crippen LogP) is 1.40. The van der Waals surface area contributed by atoms with Gasteiger partial charge in [-0.15, -0.1) is 0 Å². The Morgan fingerprint density at radius 3 is 2.65 bits per heavy atom. The Labute approximate surface area is 107 Å². The monoisotopic (exact) mass is 239 g/mol. The Bertz CT molecular complexity index is 202. The van der Waals surface area contributed by atoms with E-state index in [0.717, 1.165) is 5.92 Å². The Balaban J connectivity index is 1.52. The third-order valence-corrected chi connectivity index (χ3v) is 4.32. The van der Waals surface area contributed by atoms with Crippen molar-refractivity contribution in [2.75, 3.05) is 52.9 Å². The van der Waals surface area contributed by atoms with Crippen LogP contribution in [0.5, 0.6) is 0 Å². The van der Waals surface area contributed by atoms with E-state index in [1.165, 1.54) is 77.9 Å². The van der Waals surface area contributed by atoms with Crippen LogP contribution in [0, 0.1) is 5.92 Å². The van der Waals surface area contributed by atoms with Crippen molar-refractivity contribution in [3.05, 3.63) is 0 Å². The zero-order chi connectivity index (χ0) is 11.9. The third-order valence-electron chi connectivity index (χ3n) is 4.32. The molecule has 1 N–H and O–H groups in total. The van der Waals surface area contributed by atoms with E-state index in [1.54, 1.807) is 0 Å². The van der Waals surface area contributed by atoms with Crippen molar-refractivity contribution >= 4 is 0 Å². The van der Waals surface area contributed by atoms with Crippen LogP contribution in [-0.2, 0) is 0 Å². The second kappa shape index (κ2) is 7.34. The Hall–Kier alpha value is -0.120. The number of hydrogen-bond donors (Lipinski definition) is 1. The largest absolute Gasteiger partial charge is 0.315 e. The molecule has 0 bridgehead atoms. The first-order chi connectivity index (χ1) is 8.34. The summed E-state index contributed by atoms with van der Waals surface area (Å²) in [5.41, 5.74) is 0. The van der Waals surface area contributed by atoms with Gasteiger partial charge in [0.2, 0.25) is 0 Å². The van der Waals surface area contributed by atoms with Crippen molar-refractivity contribution in [3.63, 3.8) is 0 Å². The summed E-state index contributed by atoms with van der Waals surface area (Å²) in [6.45, 7) is 8.72. The van der Waals surface area contributed by atoms with Crippen molar-refractivity contribution in [2.45, 2.75) is 32.1 Å². The highest BCUT2D eigenvalue weighted by Gasteiger charge is 2.15. The molecule has 1 saturated carbocycles. The second-order valence-electron chi connectivity index (χ2n) is 5.85. The van der Waals surface area contributed by atoms with Crippen LogP contribution in [0.4, 0.5) is 0 Å². The molecule has 1 heterocycles. The molecular weight excluding hydrogens is 210 g/mol. The van der Waals surface area contributed by atoms with Crippen LogP contribution in [0.15, 0.2) is 0 Å². The number of nitrogens with one attached hydrogen (secondary N) is 1. The van der Waals surface area contributed by atoms with Crippen LogP contribution in [0.25, 0.3) is 0 Å². The Morgan fingerprint density at radius 2 is 1.82 bits per heavy atom. The normalized spacial score (nSPS) is 25.2. The van der Waals surface area contributed by atoms with Gasteiger partial charge in [-0.25, -0.2) is 0 Å².